The second-order valence-corrected chi connectivity index (χ2v) is 6.51. The molecule has 1 aliphatic heterocycles. The molecule has 1 atom stereocenters. The first-order chi connectivity index (χ1) is 9.95. The number of ether oxygens (including phenoxy) is 1. The molecule has 0 unspecified atom stereocenters. The largest absolute Gasteiger partial charge is 0.503 e. The summed E-state index contributed by atoms with van der Waals surface area (Å²) in [5, 5.41) is 20.0. The summed E-state index contributed by atoms with van der Waals surface area (Å²) < 4.78 is 5.45. The van der Waals surface area contributed by atoms with Crippen LogP contribution >= 0.6 is 35.6 Å². The molecule has 1 aromatic rings. The Kier molecular flexibility index (Phi) is 5.32. The van der Waals surface area contributed by atoms with E-state index in [1.54, 1.807) is 0 Å². The van der Waals surface area contributed by atoms with Crippen molar-refractivity contribution >= 4 is 45.8 Å². The van der Waals surface area contributed by atoms with E-state index < -0.39 is 6.10 Å². The third-order valence-electron chi connectivity index (χ3n) is 3.12. The molecule has 2 rings (SSSR count). The molecule has 1 heterocycles. The van der Waals surface area contributed by atoms with Crippen LogP contribution in [0.3, 0.4) is 0 Å². The van der Waals surface area contributed by atoms with Gasteiger partial charge >= 0.3 is 0 Å². The molecule has 0 saturated carbocycles. The van der Waals surface area contributed by atoms with E-state index in [1.807, 2.05) is 0 Å². The first-order valence-electron chi connectivity index (χ1n) is 6.16. The summed E-state index contributed by atoms with van der Waals surface area (Å²) in [5.41, 5.74) is 0.279. The minimum Gasteiger partial charge on any atom is -0.503 e. The summed E-state index contributed by atoms with van der Waals surface area (Å²) in [6, 6.07) is 3.01. The average molecular weight is 348 g/mol. The zero-order valence-corrected chi connectivity index (χ0v) is 13.6. The smallest absolute Gasteiger partial charge is 0.230 e. The average Bonchev–Trinajstić information content (AvgIpc) is 2.87. The number of phenolic OH excluding ortho intramolecular Hbond substituents is 1. The number of amides is 1. The van der Waals surface area contributed by atoms with Crippen molar-refractivity contribution in [1.82, 2.24) is 4.90 Å². The van der Waals surface area contributed by atoms with Crippen LogP contribution in [0, 0.1) is 0 Å². The van der Waals surface area contributed by atoms with Crippen LogP contribution in [0.15, 0.2) is 12.1 Å². The van der Waals surface area contributed by atoms with Gasteiger partial charge in [-0.3, -0.25) is 9.69 Å². The zero-order chi connectivity index (χ0) is 15.6. The highest BCUT2D eigenvalue weighted by molar-refractivity contribution is 8.23. The quantitative estimate of drug-likeness (QED) is 0.815. The Hall–Kier alpha value is -1.02. The van der Waals surface area contributed by atoms with Gasteiger partial charge < -0.3 is 14.9 Å². The lowest BCUT2D eigenvalue weighted by atomic mass is 10.0. The number of rotatable bonds is 4. The minimum atomic E-state index is -1.12. The van der Waals surface area contributed by atoms with Gasteiger partial charge in [0.1, 0.15) is 4.32 Å². The summed E-state index contributed by atoms with van der Waals surface area (Å²) in [6.07, 6.45) is -1.26. The molecule has 114 valence electrons. The maximum atomic E-state index is 12.1. The van der Waals surface area contributed by atoms with Crippen molar-refractivity contribution < 1.29 is 19.7 Å². The van der Waals surface area contributed by atoms with Gasteiger partial charge in [0.05, 0.1) is 24.7 Å². The van der Waals surface area contributed by atoms with Crippen molar-refractivity contribution in [2.24, 2.45) is 0 Å². The highest BCUT2D eigenvalue weighted by Crippen LogP contribution is 2.39. The Balaban J connectivity index is 2.13. The monoisotopic (exact) mass is 347 g/mol. The van der Waals surface area contributed by atoms with E-state index in [1.165, 1.54) is 35.9 Å². The van der Waals surface area contributed by atoms with Crippen molar-refractivity contribution in [2.45, 2.75) is 12.5 Å². The van der Waals surface area contributed by atoms with Crippen molar-refractivity contribution in [3.8, 4) is 11.5 Å². The first-order valence-corrected chi connectivity index (χ1v) is 7.93. The molecular weight excluding hydrogens is 334 g/mol. The lowest BCUT2D eigenvalue weighted by molar-refractivity contribution is -0.128. The number of hydrogen-bond acceptors (Lipinski definition) is 6. The summed E-state index contributed by atoms with van der Waals surface area (Å²) >= 11 is 12.5. The van der Waals surface area contributed by atoms with Crippen LogP contribution in [0.4, 0.5) is 0 Å². The van der Waals surface area contributed by atoms with Gasteiger partial charge in [0, 0.05) is 17.9 Å². The number of carbonyl (C=O) groups excluding carboxylic acids is 1. The Morgan fingerprint density at radius 3 is 2.90 bits per heavy atom. The molecule has 1 saturated heterocycles. The SMILES string of the molecule is COc1ccc([C@H](O)CC(=O)N2CCSC2=S)c(Cl)c1O. The number of aromatic hydroxyl groups is 1. The van der Waals surface area contributed by atoms with Crippen molar-refractivity contribution in [1.29, 1.82) is 0 Å². The number of aliphatic hydroxyl groups excluding tert-OH is 1. The van der Waals surface area contributed by atoms with Gasteiger partial charge in [-0.05, 0) is 6.07 Å². The topological polar surface area (TPSA) is 70.0 Å². The molecule has 0 aliphatic carbocycles. The number of benzene rings is 1. The van der Waals surface area contributed by atoms with E-state index in [9.17, 15) is 15.0 Å². The standard InChI is InChI=1S/C13H14ClNO4S2/c1-19-9-3-2-7(11(14)12(9)18)8(16)6-10(17)15-4-5-21-13(15)20/h2-3,8,16,18H,4-6H2,1H3/t8-/m1/s1. The molecule has 1 amide bonds. The molecule has 1 aliphatic rings. The number of carbonyl (C=O) groups is 1. The van der Waals surface area contributed by atoms with Crippen molar-refractivity contribution in [3.05, 3.63) is 22.7 Å². The molecule has 21 heavy (non-hydrogen) atoms. The third-order valence-corrected chi connectivity index (χ3v) is 4.94. The van der Waals surface area contributed by atoms with Gasteiger partial charge in [-0.2, -0.15) is 0 Å². The maximum Gasteiger partial charge on any atom is 0.230 e. The minimum absolute atomic E-state index is 0.0203. The van der Waals surface area contributed by atoms with Crippen LogP contribution in [0.25, 0.3) is 0 Å². The molecule has 1 aromatic carbocycles. The van der Waals surface area contributed by atoms with E-state index >= 15 is 0 Å². The van der Waals surface area contributed by atoms with Crippen LogP contribution in [0.5, 0.6) is 11.5 Å². The van der Waals surface area contributed by atoms with Gasteiger partial charge in [0.15, 0.2) is 11.5 Å². The number of halogens is 1. The Bertz CT molecular complexity index is 582. The Morgan fingerprint density at radius 2 is 2.33 bits per heavy atom. The van der Waals surface area contributed by atoms with Crippen LogP contribution in [-0.2, 0) is 4.79 Å². The Morgan fingerprint density at radius 1 is 1.62 bits per heavy atom. The number of aliphatic hydroxyl groups is 1. The van der Waals surface area contributed by atoms with Gasteiger partial charge in [0.2, 0.25) is 5.91 Å². The van der Waals surface area contributed by atoms with Gasteiger partial charge in [-0.1, -0.05) is 41.6 Å². The molecule has 0 radical (unpaired) electrons. The predicted octanol–water partition coefficient (Wildman–Crippen LogP) is 2.34. The maximum absolute atomic E-state index is 12.1. The highest BCUT2D eigenvalue weighted by atomic mass is 35.5. The second-order valence-electron chi connectivity index (χ2n) is 4.40. The second kappa shape index (κ2) is 6.83. The van der Waals surface area contributed by atoms with Crippen LogP contribution < -0.4 is 4.74 Å². The lowest BCUT2D eigenvalue weighted by Gasteiger charge is -2.19. The molecule has 0 spiro atoms. The summed E-state index contributed by atoms with van der Waals surface area (Å²) in [6.45, 7) is 0.552. The fourth-order valence-electron chi connectivity index (χ4n) is 1.99. The van der Waals surface area contributed by atoms with Crippen LogP contribution in [0.1, 0.15) is 18.1 Å². The highest BCUT2D eigenvalue weighted by Gasteiger charge is 2.27. The van der Waals surface area contributed by atoms with E-state index in [4.69, 9.17) is 28.6 Å². The normalized spacial score (nSPS) is 16.1. The predicted molar refractivity (Wildman–Crippen MR) is 86.0 cm³/mol. The van der Waals surface area contributed by atoms with Gasteiger partial charge in [-0.25, -0.2) is 0 Å². The lowest BCUT2D eigenvalue weighted by Crippen LogP contribution is -2.31. The van der Waals surface area contributed by atoms with Gasteiger partial charge in [0.25, 0.3) is 0 Å². The fraction of sp³-hybridized carbons (Fsp3) is 0.385. The summed E-state index contributed by atoms with van der Waals surface area (Å²) in [7, 11) is 1.40. The first kappa shape index (κ1) is 16.4. The Labute approximate surface area is 136 Å². The third kappa shape index (κ3) is 3.42. The number of phenols is 1. The molecule has 5 nitrogen and oxygen atoms in total. The molecule has 8 heteroatoms. The molecule has 0 bridgehead atoms. The van der Waals surface area contributed by atoms with Gasteiger partial charge in [-0.15, -0.1) is 0 Å². The van der Waals surface area contributed by atoms with Crippen molar-refractivity contribution in [2.75, 3.05) is 19.4 Å². The number of thioether (sulfide) groups is 1. The van der Waals surface area contributed by atoms with E-state index in [-0.39, 0.29) is 34.4 Å². The molecule has 2 N–H and O–H groups in total. The number of methoxy groups -OCH3 is 1. The molecular formula is C13H14ClNO4S2. The van der Waals surface area contributed by atoms with Crippen molar-refractivity contribution in [3.63, 3.8) is 0 Å². The van der Waals surface area contributed by atoms with Crippen LogP contribution in [-0.4, -0.2) is 44.7 Å². The number of thiocarbonyl (C=S) groups is 1. The molecule has 1 fully saturated rings. The van der Waals surface area contributed by atoms with E-state index in [0.29, 0.717) is 10.9 Å². The zero-order valence-electron chi connectivity index (χ0n) is 11.2. The fourth-order valence-corrected chi connectivity index (χ4v) is 3.51. The number of nitrogens with zero attached hydrogens (tertiary/aromatic N) is 1. The summed E-state index contributed by atoms with van der Waals surface area (Å²) in [4.78, 5) is 13.6. The number of hydrogen-bond donors (Lipinski definition) is 2. The molecule has 0 aromatic heterocycles. The van der Waals surface area contributed by atoms with Crippen LogP contribution in [0.2, 0.25) is 5.02 Å². The van der Waals surface area contributed by atoms with E-state index in [2.05, 4.69) is 0 Å². The summed E-state index contributed by atoms with van der Waals surface area (Å²) in [5.74, 6) is 0.462. The van der Waals surface area contributed by atoms with E-state index in [0.717, 1.165) is 5.75 Å².